The number of nitrogens with one attached hydrogen (secondary N) is 1. The number of hydrogen-bond donors (Lipinski definition) is 2. The fourth-order valence-corrected chi connectivity index (χ4v) is 2.66. The molecule has 1 aromatic carbocycles. The van der Waals surface area contributed by atoms with Crippen LogP contribution >= 0.6 is 0 Å². The topological polar surface area (TPSA) is 66.4 Å². The van der Waals surface area contributed by atoms with Gasteiger partial charge in [-0.05, 0) is 48.4 Å². The van der Waals surface area contributed by atoms with Gasteiger partial charge in [0.15, 0.2) is 0 Å². The third-order valence-electron chi connectivity index (χ3n) is 3.95. The fourth-order valence-electron chi connectivity index (χ4n) is 2.66. The normalized spacial score (nSPS) is 14.7. The highest BCUT2D eigenvalue weighted by Crippen LogP contribution is 2.22. The van der Waals surface area contributed by atoms with Crippen LogP contribution in [0.4, 0.5) is 0 Å². The third kappa shape index (κ3) is 3.59. The highest BCUT2D eigenvalue weighted by atomic mass is 16.4. The van der Waals surface area contributed by atoms with Crippen molar-refractivity contribution in [3.63, 3.8) is 0 Å². The molecule has 108 valence electrons. The Balaban J connectivity index is 1.93. The molecule has 0 radical (unpaired) electrons. The van der Waals surface area contributed by atoms with E-state index in [0.29, 0.717) is 12.1 Å². The Kier molecular flexibility index (Phi) is 4.77. The number of benzene rings is 1. The van der Waals surface area contributed by atoms with Crippen LogP contribution in [0.2, 0.25) is 0 Å². The number of fused-ring (bicyclic) bond motifs is 1. The van der Waals surface area contributed by atoms with E-state index in [1.165, 1.54) is 11.1 Å². The number of aliphatic carboxylic acids is 1. The molecule has 0 aromatic heterocycles. The molecular weight excluding hydrogens is 254 g/mol. The summed E-state index contributed by atoms with van der Waals surface area (Å²) in [4.78, 5) is 22.8. The van der Waals surface area contributed by atoms with Crippen molar-refractivity contribution in [1.29, 1.82) is 0 Å². The van der Waals surface area contributed by atoms with Gasteiger partial charge in [-0.2, -0.15) is 0 Å². The molecule has 0 heterocycles. The number of aryl methyl sites for hydroxylation is 2. The van der Waals surface area contributed by atoms with Crippen LogP contribution in [0.3, 0.4) is 0 Å². The summed E-state index contributed by atoms with van der Waals surface area (Å²) >= 11 is 0. The van der Waals surface area contributed by atoms with Crippen molar-refractivity contribution >= 4 is 11.9 Å². The molecule has 2 rings (SSSR count). The minimum absolute atomic E-state index is 0.00845. The predicted molar refractivity (Wildman–Crippen MR) is 76.8 cm³/mol. The average molecular weight is 275 g/mol. The summed E-state index contributed by atoms with van der Waals surface area (Å²) in [5, 5.41) is 11.6. The molecule has 4 heteroatoms. The first-order chi connectivity index (χ1) is 9.60. The molecule has 1 unspecified atom stereocenters. The molecule has 0 bridgehead atoms. The summed E-state index contributed by atoms with van der Waals surface area (Å²) in [7, 11) is 0. The van der Waals surface area contributed by atoms with E-state index in [-0.39, 0.29) is 18.2 Å². The summed E-state index contributed by atoms with van der Waals surface area (Å²) < 4.78 is 0. The van der Waals surface area contributed by atoms with E-state index in [0.717, 1.165) is 25.7 Å². The molecule has 0 aliphatic heterocycles. The molecule has 1 aromatic rings. The van der Waals surface area contributed by atoms with Crippen LogP contribution in [-0.4, -0.2) is 23.5 Å². The lowest BCUT2D eigenvalue weighted by Crippen LogP contribution is -2.30. The zero-order valence-electron chi connectivity index (χ0n) is 11.8. The van der Waals surface area contributed by atoms with Crippen LogP contribution in [0, 0.1) is 5.92 Å². The number of amides is 1. The summed E-state index contributed by atoms with van der Waals surface area (Å²) in [6.07, 6.45) is 4.16. The highest BCUT2D eigenvalue weighted by molar-refractivity contribution is 5.94. The van der Waals surface area contributed by atoms with Gasteiger partial charge in [0.1, 0.15) is 0 Å². The molecule has 1 aliphatic carbocycles. The van der Waals surface area contributed by atoms with E-state index in [1.54, 1.807) is 0 Å². The van der Waals surface area contributed by atoms with E-state index in [4.69, 9.17) is 5.11 Å². The quantitative estimate of drug-likeness (QED) is 0.837. The predicted octanol–water partition coefficient (Wildman–Crippen LogP) is 2.41. The lowest BCUT2D eigenvalue weighted by atomic mass is 10.0. The first-order valence-corrected chi connectivity index (χ1v) is 7.22. The molecule has 1 atom stereocenters. The molecule has 4 nitrogen and oxygen atoms in total. The van der Waals surface area contributed by atoms with Gasteiger partial charge >= 0.3 is 5.97 Å². The minimum atomic E-state index is -0.816. The fraction of sp³-hybridized carbons (Fsp3) is 0.500. The van der Waals surface area contributed by atoms with Crippen molar-refractivity contribution < 1.29 is 14.7 Å². The number of hydrogen-bond acceptors (Lipinski definition) is 2. The SMILES string of the molecule is CCC(CNC(=O)c1ccc2c(c1)CCC2)CC(=O)O. The van der Waals surface area contributed by atoms with Gasteiger partial charge in [-0.1, -0.05) is 19.4 Å². The van der Waals surface area contributed by atoms with Crippen LogP contribution in [0.1, 0.15) is 47.7 Å². The number of carbonyl (C=O) groups excluding carboxylic acids is 1. The zero-order valence-corrected chi connectivity index (χ0v) is 11.8. The Labute approximate surface area is 119 Å². The van der Waals surface area contributed by atoms with E-state index >= 15 is 0 Å². The molecule has 0 saturated heterocycles. The Morgan fingerprint density at radius 2 is 2.05 bits per heavy atom. The summed E-state index contributed by atoms with van der Waals surface area (Å²) in [5.74, 6) is -0.932. The lowest BCUT2D eigenvalue weighted by molar-refractivity contribution is -0.138. The summed E-state index contributed by atoms with van der Waals surface area (Å²) in [5.41, 5.74) is 3.30. The minimum Gasteiger partial charge on any atom is -0.481 e. The smallest absolute Gasteiger partial charge is 0.303 e. The first-order valence-electron chi connectivity index (χ1n) is 7.22. The Morgan fingerprint density at radius 1 is 1.30 bits per heavy atom. The molecule has 20 heavy (non-hydrogen) atoms. The maximum Gasteiger partial charge on any atom is 0.303 e. The Bertz CT molecular complexity index is 510. The van der Waals surface area contributed by atoms with Gasteiger partial charge in [0.05, 0.1) is 0 Å². The molecule has 0 spiro atoms. The molecule has 1 amide bonds. The van der Waals surface area contributed by atoms with Crippen molar-refractivity contribution in [3.05, 3.63) is 34.9 Å². The second-order valence-corrected chi connectivity index (χ2v) is 5.42. The van der Waals surface area contributed by atoms with E-state index < -0.39 is 5.97 Å². The highest BCUT2D eigenvalue weighted by Gasteiger charge is 2.16. The van der Waals surface area contributed by atoms with Crippen LogP contribution in [0.15, 0.2) is 18.2 Å². The number of carbonyl (C=O) groups is 2. The Hall–Kier alpha value is -1.84. The van der Waals surface area contributed by atoms with Gasteiger partial charge in [-0.15, -0.1) is 0 Å². The van der Waals surface area contributed by atoms with E-state index in [9.17, 15) is 9.59 Å². The maximum atomic E-state index is 12.1. The van der Waals surface area contributed by atoms with Gasteiger partial charge in [0, 0.05) is 18.5 Å². The number of rotatable bonds is 6. The van der Waals surface area contributed by atoms with Crippen molar-refractivity contribution in [2.75, 3.05) is 6.54 Å². The molecular formula is C16H21NO3. The van der Waals surface area contributed by atoms with E-state index in [1.807, 2.05) is 25.1 Å². The van der Waals surface area contributed by atoms with Crippen molar-refractivity contribution in [2.45, 2.75) is 39.0 Å². The van der Waals surface area contributed by atoms with Crippen molar-refractivity contribution in [1.82, 2.24) is 5.32 Å². The summed E-state index contributed by atoms with van der Waals surface area (Å²) in [6.45, 7) is 2.36. The van der Waals surface area contributed by atoms with Crippen LogP contribution in [0.5, 0.6) is 0 Å². The second-order valence-electron chi connectivity index (χ2n) is 5.42. The lowest BCUT2D eigenvalue weighted by Gasteiger charge is -2.13. The molecule has 0 saturated carbocycles. The molecule has 2 N–H and O–H groups in total. The monoisotopic (exact) mass is 275 g/mol. The van der Waals surface area contributed by atoms with Gasteiger partial charge in [0.25, 0.3) is 5.91 Å². The maximum absolute atomic E-state index is 12.1. The Morgan fingerprint density at radius 3 is 2.75 bits per heavy atom. The number of carboxylic acids is 1. The largest absolute Gasteiger partial charge is 0.481 e. The van der Waals surface area contributed by atoms with Gasteiger partial charge in [-0.3, -0.25) is 9.59 Å². The summed E-state index contributed by atoms with van der Waals surface area (Å²) in [6, 6.07) is 5.86. The van der Waals surface area contributed by atoms with Crippen LogP contribution in [0.25, 0.3) is 0 Å². The first kappa shape index (κ1) is 14.6. The zero-order chi connectivity index (χ0) is 14.5. The van der Waals surface area contributed by atoms with Crippen LogP contribution < -0.4 is 5.32 Å². The number of carboxylic acid groups (broad SMARTS) is 1. The van der Waals surface area contributed by atoms with Crippen LogP contribution in [-0.2, 0) is 17.6 Å². The molecule has 1 aliphatic rings. The second kappa shape index (κ2) is 6.55. The molecule has 0 fully saturated rings. The van der Waals surface area contributed by atoms with Gasteiger partial charge in [0.2, 0.25) is 0 Å². The van der Waals surface area contributed by atoms with E-state index in [2.05, 4.69) is 5.32 Å². The van der Waals surface area contributed by atoms with Crippen molar-refractivity contribution in [2.24, 2.45) is 5.92 Å². The standard InChI is InChI=1S/C16H21NO3/c1-2-11(8-15(18)19)10-17-16(20)14-7-6-12-4-3-5-13(12)9-14/h6-7,9,11H,2-5,8,10H2,1H3,(H,17,20)(H,18,19). The third-order valence-corrected chi connectivity index (χ3v) is 3.95. The average Bonchev–Trinajstić information content (AvgIpc) is 2.89. The van der Waals surface area contributed by atoms with Gasteiger partial charge < -0.3 is 10.4 Å². The van der Waals surface area contributed by atoms with Gasteiger partial charge in [-0.25, -0.2) is 0 Å². The van der Waals surface area contributed by atoms with Crippen molar-refractivity contribution in [3.8, 4) is 0 Å².